The Kier molecular flexibility index (Phi) is 8.96. The number of aryl methyl sites for hydroxylation is 1. The summed E-state index contributed by atoms with van der Waals surface area (Å²) >= 11 is 0. The molecule has 52 heavy (non-hydrogen) atoms. The number of benzene rings is 2. The molecule has 3 N–H and O–H groups in total. The number of aliphatic imine (C=N–C) groups is 1. The van der Waals surface area contributed by atoms with Crippen molar-refractivity contribution in [1.82, 2.24) is 19.8 Å². The van der Waals surface area contributed by atoms with Gasteiger partial charge < -0.3 is 30.3 Å². The highest BCUT2D eigenvalue weighted by molar-refractivity contribution is 6.17. The highest BCUT2D eigenvalue weighted by Crippen LogP contribution is 2.43. The molecule has 0 radical (unpaired) electrons. The second-order valence-electron chi connectivity index (χ2n) is 14.6. The van der Waals surface area contributed by atoms with Crippen LogP contribution in [0.5, 0.6) is 11.8 Å². The van der Waals surface area contributed by atoms with Gasteiger partial charge in [0.15, 0.2) is 0 Å². The van der Waals surface area contributed by atoms with E-state index >= 15 is 4.39 Å². The standard InChI is InChI=1S/C38H44F2N8O4/c1-2-27-28(40)8-7-23-15-26(49)17-31(32(23)27)48-21-30-33(36(48)51)34(44-37(43-30)52-22-38-9-5-14-47(38)19-24(39)18-38)46-13-6-10-42-25(20-46)16-29(41)35(50)45-11-3-4-12-45/h7-8,15-17,24,49H,2-6,9-14,18-22,41H2,1H3/b29-16-. The SMILES string of the molecule is CCc1c(F)ccc2cc(O)cc(N3Cc4nc(OCC56CCCN5CC(F)C6)nc(N5CCCN=C(/C=C(\N)C(=O)N6CCCC6)C5)c4C3=O)c12. The number of likely N-dealkylation sites (tertiary alicyclic amines) is 1. The van der Waals surface area contributed by atoms with Crippen LogP contribution in [-0.2, 0) is 17.8 Å². The zero-order chi connectivity index (χ0) is 36.1. The van der Waals surface area contributed by atoms with Gasteiger partial charge in [-0.25, -0.2) is 8.78 Å². The number of halogens is 2. The normalized spacial score (nSPS) is 23.7. The van der Waals surface area contributed by atoms with Crippen LogP contribution >= 0.6 is 0 Å². The van der Waals surface area contributed by atoms with Gasteiger partial charge in [-0.3, -0.25) is 19.5 Å². The van der Waals surface area contributed by atoms with Gasteiger partial charge in [-0.15, -0.1) is 0 Å². The lowest BCUT2D eigenvalue weighted by molar-refractivity contribution is -0.126. The number of alkyl halides is 1. The van der Waals surface area contributed by atoms with Gasteiger partial charge in [-0.1, -0.05) is 13.0 Å². The second-order valence-corrected chi connectivity index (χ2v) is 14.6. The molecule has 0 spiro atoms. The molecule has 12 nitrogen and oxygen atoms in total. The van der Waals surface area contributed by atoms with E-state index < -0.39 is 23.4 Å². The Morgan fingerprint density at radius 2 is 1.94 bits per heavy atom. The Morgan fingerprint density at radius 3 is 2.75 bits per heavy atom. The lowest BCUT2D eigenvalue weighted by Gasteiger charge is -2.31. The number of phenolic OH excluding ortho intramolecular Hbond substituents is 1. The fraction of sp³-hybridized carbons (Fsp3) is 0.500. The van der Waals surface area contributed by atoms with Gasteiger partial charge in [-0.05, 0) is 74.2 Å². The first-order chi connectivity index (χ1) is 25.1. The molecule has 3 saturated heterocycles. The summed E-state index contributed by atoms with van der Waals surface area (Å²) < 4.78 is 36.1. The Morgan fingerprint density at radius 1 is 1.12 bits per heavy atom. The van der Waals surface area contributed by atoms with Gasteiger partial charge in [-0.2, -0.15) is 9.97 Å². The summed E-state index contributed by atoms with van der Waals surface area (Å²) in [6.45, 7) is 5.86. The molecule has 1 aromatic heterocycles. The quantitative estimate of drug-likeness (QED) is 0.328. The molecule has 2 atom stereocenters. The van der Waals surface area contributed by atoms with Crippen LogP contribution in [0, 0.1) is 5.82 Å². The molecule has 0 bridgehead atoms. The van der Waals surface area contributed by atoms with Gasteiger partial charge in [0, 0.05) is 50.6 Å². The molecule has 3 fully saturated rings. The first kappa shape index (κ1) is 34.2. The summed E-state index contributed by atoms with van der Waals surface area (Å²) in [4.78, 5) is 49.3. The van der Waals surface area contributed by atoms with Crippen molar-refractivity contribution in [2.45, 2.75) is 70.1 Å². The van der Waals surface area contributed by atoms with Crippen molar-refractivity contribution in [3.8, 4) is 11.8 Å². The summed E-state index contributed by atoms with van der Waals surface area (Å²) in [6, 6.07) is 6.09. The maximum atomic E-state index is 15.2. The number of carbonyl (C=O) groups is 2. The van der Waals surface area contributed by atoms with Crippen LogP contribution in [0.25, 0.3) is 10.8 Å². The molecule has 0 saturated carbocycles. The predicted octanol–water partition coefficient (Wildman–Crippen LogP) is 4.27. The number of hydrogen-bond donors (Lipinski definition) is 2. The number of amides is 2. The first-order valence-electron chi connectivity index (χ1n) is 18.4. The Hall–Kier alpha value is -4.85. The van der Waals surface area contributed by atoms with E-state index in [1.165, 1.54) is 17.0 Å². The Labute approximate surface area is 300 Å². The predicted molar refractivity (Wildman–Crippen MR) is 193 cm³/mol. The lowest BCUT2D eigenvalue weighted by Crippen LogP contribution is -2.43. The van der Waals surface area contributed by atoms with Crippen molar-refractivity contribution < 1.29 is 28.2 Å². The maximum Gasteiger partial charge on any atom is 0.318 e. The Bertz CT molecular complexity index is 2000. The van der Waals surface area contributed by atoms with E-state index in [1.54, 1.807) is 23.1 Å². The van der Waals surface area contributed by atoms with Gasteiger partial charge in [0.05, 0.1) is 41.4 Å². The third-order valence-corrected chi connectivity index (χ3v) is 11.2. The number of hydrogen-bond acceptors (Lipinski definition) is 10. The monoisotopic (exact) mass is 714 g/mol. The Balaban J connectivity index is 1.17. The number of carbonyl (C=O) groups excluding carboxylic acids is 2. The molecule has 5 aliphatic rings. The minimum Gasteiger partial charge on any atom is -0.508 e. The summed E-state index contributed by atoms with van der Waals surface area (Å²) in [7, 11) is 0. The van der Waals surface area contributed by atoms with Crippen molar-refractivity contribution >= 4 is 39.8 Å². The number of aromatic nitrogens is 2. The van der Waals surface area contributed by atoms with E-state index in [2.05, 4.69) is 4.90 Å². The van der Waals surface area contributed by atoms with E-state index in [0.717, 1.165) is 32.2 Å². The molecule has 2 aromatic carbocycles. The number of nitrogens with two attached hydrogens (primary N) is 1. The zero-order valence-electron chi connectivity index (χ0n) is 29.4. The highest BCUT2D eigenvalue weighted by Gasteiger charge is 2.49. The smallest absolute Gasteiger partial charge is 0.318 e. The molecule has 6 heterocycles. The maximum absolute atomic E-state index is 15.2. The van der Waals surface area contributed by atoms with E-state index in [9.17, 15) is 19.1 Å². The molecule has 0 aliphatic carbocycles. The number of anilines is 2. The van der Waals surface area contributed by atoms with Crippen LogP contribution < -0.4 is 20.3 Å². The van der Waals surface area contributed by atoms with Crippen molar-refractivity contribution in [2.24, 2.45) is 10.7 Å². The number of nitrogens with zero attached hydrogens (tertiary/aromatic N) is 7. The van der Waals surface area contributed by atoms with E-state index in [0.29, 0.717) is 91.2 Å². The summed E-state index contributed by atoms with van der Waals surface area (Å²) in [5.41, 5.74) is 8.09. The van der Waals surface area contributed by atoms with Crippen LogP contribution in [0.4, 0.5) is 20.3 Å². The topological polar surface area (TPSA) is 141 Å². The minimum absolute atomic E-state index is 0.0358. The van der Waals surface area contributed by atoms with Crippen molar-refractivity contribution in [3.63, 3.8) is 0 Å². The van der Waals surface area contributed by atoms with E-state index in [1.807, 2.05) is 11.8 Å². The van der Waals surface area contributed by atoms with Crippen LogP contribution in [0.15, 0.2) is 41.0 Å². The average Bonchev–Trinajstić information content (AvgIpc) is 3.89. The largest absolute Gasteiger partial charge is 0.508 e. The van der Waals surface area contributed by atoms with Gasteiger partial charge >= 0.3 is 6.01 Å². The van der Waals surface area contributed by atoms with Crippen molar-refractivity contribution in [1.29, 1.82) is 0 Å². The minimum atomic E-state index is -0.922. The number of phenols is 1. The average molecular weight is 715 g/mol. The van der Waals surface area contributed by atoms with E-state index in [-0.39, 0.29) is 48.6 Å². The molecular weight excluding hydrogens is 670 g/mol. The van der Waals surface area contributed by atoms with Crippen LogP contribution in [0.2, 0.25) is 0 Å². The fourth-order valence-electron chi connectivity index (χ4n) is 8.76. The summed E-state index contributed by atoms with van der Waals surface area (Å²) in [6.07, 6.45) is 5.77. The number of aromatic hydroxyl groups is 1. The third kappa shape index (κ3) is 6.10. The molecule has 2 amide bonds. The van der Waals surface area contributed by atoms with Crippen molar-refractivity contribution in [3.05, 3.63) is 58.7 Å². The fourth-order valence-corrected chi connectivity index (χ4v) is 8.76. The molecule has 3 aromatic rings. The third-order valence-electron chi connectivity index (χ3n) is 11.2. The second kappa shape index (κ2) is 13.6. The molecule has 274 valence electrons. The molecule has 8 rings (SSSR count). The highest BCUT2D eigenvalue weighted by atomic mass is 19.1. The summed E-state index contributed by atoms with van der Waals surface area (Å²) in [5, 5.41) is 11.9. The molecule has 14 heteroatoms. The molecule has 2 unspecified atom stereocenters. The van der Waals surface area contributed by atoms with Crippen LogP contribution in [-0.4, -0.2) is 107 Å². The van der Waals surface area contributed by atoms with Gasteiger partial charge in [0.1, 0.15) is 35.7 Å². The number of ether oxygens (including phenoxy) is 1. The first-order valence-corrected chi connectivity index (χ1v) is 18.4. The van der Waals surface area contributed by atoms with Gasteiger partial charge in [0.25, 0.3) is 11.8 Å². The summed E-state index contributed by atoms with van der Waals surface area (Å²) in [5.74, 6) is -0.712. The van der Waals surface area contributed by atoms with Crippen molar-refractivity contribution in [2.75, 3.05) is 62.2 Å². The van der Waals surface area contributed by atoms with Gasteiger partial charge in [0.2, 0.25) is 0 Å². The van der Waals surface area contributed by atoms with Crippen LogP contribution in [0.1, 0.15) is 67.1 Å². The number of fused-ring (bicyclic) bond motifs is 3. The lowest BCUT2D eigenvalue weighted by atomic mass is 9.95. The van der Waals surface area contributed by atoms with E-state index in [4.69, 9.17) is 25.4 Å². The number of rotatable bonds is 8. The molecule has 5 aliphatic heterocycles. The van der Waals surface area contributed by atoms with Crippen LogP contribution in [0.3, 0.4) is 0 Å². The molecular formula is C38H44F2N8O4. The zero-order valence-corrected chi connectivity index (χ0v) is 29.4.